The van der Waals surface area contributed by atoms with Crippen LogP contribution in [0, 0.1) is 12.3 Å². The first-order chi connectivity index (χ1) is 7.38. The molecule has 7 nitrogen and oxygen atoms in total. The molecule has 1 radical (unpaired) electrons. The predicted molar refractivity (Wildman–Crippen MR) is 55.5 cm³/mol. The van der Waals surface area contributed by atoms with Gasteiger partial charge in [-0.3, -0.25) is 14.4 Å². The fraction of sp³-hybridized carbons (Fsp3) is 0.556. The lowest BCUT2D eigenvalue weighted by Crippen LogP contribution is -2.46. The third-order valence-corrected chi connectivity index (χ3v) is 2.01. The van der Waals surface area contributed by atoms with E-state index < -0.39 is 36.3 Å². The number of nitrogens with two attached hydrogens (primary N) is 2. The van der Waals surface area contributed by atoms with Crippen molar-refractivity contribution in [2.24, 2.45) is 17.4 Å². The van der Waals surface area contributed by atoms with Crippen molar-refractivity contribution in [3.8, 4) is 0 Å². The molecule has 6 N–H and O–H groups in total. The molecular formula is C9H16N3O4. The lowest BCUT2D eigenvalue weighted by Gasteiger charge is -2.17. The van der Waals surface area contributed by atoms with Crippen molar-refractivity contribution < 1.29 is 19.5 Å². The van der Waals surface area contributed by atoms with Gasteiger partial charge in [0.2, 0.25) is 17.7 Å². The van der Waals surface area contributed by atoms with Gasteiger partial charge in [-0.1, -0.05) is 6.92 Å². The van der Waals surface area contributed by atoms with Gasteiger partial charge in [0.1, 0.15) is 6.04 Å². The number of primary amides is 2. The largest absolute Gasteiger partial charge is 0.396 e. The highest BCUT2D eigenvalue weighted by atomic mass is 16.3. The van der Waals surface area contributed by atoms with E-state index in [0.29, 0.717) is 0 Å². The maximum atomic E-state index is 11.1. The molecule has 2 atom stereocenters. The van der Waals surface area contributed by atoms with Crippen LogP contribution in [0.3, 0.4) is 0 Å². The Balaban J connectivity index is 4.34. The van der Waals surface area contributed by atoms with Crippen molar-refractivity contribution >= 4 is 17.7 Å². The Hall–Kier alpha value is -1.63. The summed E-state index contributed by atoms with van der Waals surface area (Å²) in [4.78, 5) is 32.8. The number of carbonyl (C=O) groups is 3. The number of amides is 3. The van der Waals surface area contributed by atoms with Crippen LogP contribution in [0.2, 0.25) is 0 Å². The first kappa shape index (κ1) is 14.4. The number of carbonyl (C=O) groups excluding carboxylic acids is 3. The SMILES string of the molecule is CC(CC(NC(=O)[CH]CO)C(N)=O)C(N)=O. The summed E-state index contributed by atoms with van der Waals surface area (Å²) in [6.45, 7) is 1.09. The van der Waals surface area contributed by atoms with Crippen molar-refractivity contribution in [3.63, 3.8) is 0 Å². The monoisotopic (exact) mass is 230 g/mol. The van der Waals surface area contributed by atoms with Crippen LogP contribution < -0.4 is 16.8 Å². The molecule has 3 amide bonds. The third kappa shape index (κ3) is 5.30. The predicted octanol–water partition coefficient (Wildman–Crippen LogP) is -2.34. The lowest BCUT2D eigenvalue weighted by molar-refractivity contribution is -0.127. The van der Waals surface area contributed by atoms with Crippen molar-refractivity contribution in [2.45, 2.75) is 19.4 Å². The maximum absolute atomic E-state index is 11.1. The minimum atomic E-state index is -0.974. The van der Waals surface area contributed by atoms with Gasteiger partial charge >= 0.3 is 0 Å². The summed E-state index contributed by atoms with van der Waals surface area (Å²) in [6.07, 6.45) is 0.987. The summed E-state index contributed by atoms with van der Waals surface area (Å²) in [6, 6.07) is -0.974. The summed E-state index contributed by atoms with van der Waals surface area (Å²) < 4.78 is 0. The van der Waals surface area contributed by atoms with Crippen molar-refractivity contribution in [2.75, 3.05) is 6.61 Å². The number of rotatable bonds is 7. The van der Waals surface area contributed by atoms with Gasteiger partial charge in [-0.2, -0.15) is 0 Å². The molecule has 7 heteroatoms. The average molecular weight is 230 g/mol. The number of nitrogens with one attached hydrogen (secondary N) is 1. The van der Waals surface area contributed by atoms with Gasteiger partial charge in [0.15, 0.2) is 0 Å². The van der Waals surface area contributed by atoms with Gasteiger partial charge in [-0.15, -0.1) is 0 Å². The van der Waals surface area contributed by atoms with E-state index in [4.69, 9.17) is 16.6 Å². The van der Waals surface area contributed by atoms with Crippen LogP contribution >= 0.6 is 0 Å². The van der Waals surface area contributed by atoms with E-state index >= 15 is 0 Å². The fourth-order valence-corrected chi connectivity index (χ4v) is 1.03. The Kier molecular flexibility index (Phi) is 6.09. The van der Waals surface area contributed by atoms with Crippen molar-refractivity contribution in [1.82, 2.24) is 5.32 Å². The smallest absolute Gasteiger partial charge is 0.240 e. The van der Waals surface area contributed by atoms with Crippen LogP contribution in [0.5, 0.6) is 0 Å². The quantitative estimate of drug-likeness (QED) is 0.389. The number of aliphatic hydroxyl groups excluding tert-OH is 1. The topological polar surface area (TPSA) is 136 Å². The second kappa shape index (κ2) is 6.78. The van der Waals surface area contributed by atoms with Gasteiger partial charge in [0.25, 0.3) is 0 Å². The zero-order valence-corrected chi connectivity index (χ0v) is 8.97. The van der Waals surface area contributed by atoms with Crippen molar-refractivity contribution in [1.29, 1.82) is 0 Å². The van der Waals surface area contributed by atoms with Crippen LogP contribution in [0.25, 0.3) is 0 Å². The average Bonchev–Trinajstić information content (AvgIpc) is 2.16. The molecule has 0 aromatic heterocycles. The van der Waals surface area contributed by atoms with Crippen molar-refractivity contribution in [3.05, 3.63) is 6.42 Å². The highest BCUT2D eigenvalue weighted by molar-refractivity contribution is 5.91. The fourth-order valence-electron chi connectivity index (χ4n) is 1.03. The first-order valence-electron chi connectivity index (χ1n) is 4.71. The van der Waals surface area contributed by atoms with E-state index in [0.717, 1.165) is 6.42 Å². The van der Waals surface area contributed by atoms with Gasteiger partial charge in [-0.05, 0) is 6.42 Å². The van der Waals surface area contributed by atoms with E-state index in [2.05, 4.69) is 5.32 Å². The molecule has 0 spiro atoms. The number of aliphatic hydroxyl groups is 1. The van der Waals surface area contributed by atoms with Gasteiger partial charge < -0.3 is 21.9 Å². The molecule has 0 bridgehead atoms. The normalized spacial score (nSPS) is 13.9. The summed E-state index contributed by atoms with van der Waals surface area (Å²) >= 11 is 0. The van der Waals surface area contributed by atoms with Gasteiger partial charge in [-0.25, -0.2) is 0 Å². The van der Waals surface area contributed by atoms with E-state index in [1.165, 1.54) is 6.92 Å². The Morgan fingerprint density at radius 1 is 1.31 bits per heavy atom. The standard InChI is InChI=1S/C9H16N3O4/c1-5(8(10)15)4-6(9(11)16)12-7(14)2-3-13/h2,5-6,13H,3-4H2,1H3,(H2,10,15)(H2,11,16)(H,12,14). The minimum absolute atomic E-state index is 0.0374. The summed E-state index contributed by atoms with van der Waals surface area (Å²) in [5.74, 6) is -2.53. The molecule has 0 aliphatic rings. The molecule has 0 saturated heterocycles. The second-order valence-corrected chi connectivity index (χ2v) is 3.39. The molecule has 16 heavy (non-hydrogen) atoms. The lowest BCUT2D eigenvalue weighted by atomic mass is 10.0. The van der Waals surface area contributed by atoms with E-state index in [1.807, 2.05) is 0 Å². The molecule has 0 heterocycles. The Morgan fingerprint density at radius 3 is 2.25 bits per heavy atom. The molecule has 0 aromatic rings. The summed E-state index contributed by atoms with van der Waals surface area (Å²) in [5, 5.41) is 10.7. The number of hydrogen-bond acceptors (Lipinski definition) is 4. The molecule has 91 valence electrons. The first-order valence-corrected chi connectivity index (χ1v) is 4.71. The highest BCUT2D eigenvalue weighted by Crippen LogP contribution is 2.05. The Bertz CT molecular complexity index is 280. The molecular weight excluding hydrogens is 214 g/mol. The molecule has 2 unspecified atom stereocenters. The Labute approximate surface area is 93.2 Å². The molecule has 0 rings (SSSR count). The second-order valence-electron chi connectivity index (χ2n) is 3.39. The van der Waals surface area contributed by atoms with Crippen LogP contribution in [-0.2, 0) is 14.4 Å². The molecule has 0 aliphatic carbocycles. The molecule has 0 aliphatic heterocycles. The van der Waals surface area contributed by atoms with E-state index in [9.17, 15) is 14.4 Å². The highest BCUT2D eigenvalue weighted by Gasteiger charge is 2.22. The van der Waals surface area contributed by atoms with Gasteiger partial charge in [0, 0.05) is 5.92 Å². The van der Waals surface area contributed by atoms with Gasteiger partial charge in [0.05, 0.1) is 13.0 Å². The van der Waals surface area contributed by atoms with Crippen LogP contribution in [0.4, 0.5) is 0 Å². The van der Waals surface area contributed by atoms with E-state index in [-0.39, 0.29) is 6.42 Å². The summed E-state index contributed by atoms with van der Waals surface area (Å²) in [5.41, 5.74) is 10.1. The zero-order chi connectivity index (χ0) is 12.7. The van der Waals surface area contributed by atoms with E-state index in [1.54, 1.807) is 0 Å². The van der Waals surface area contributed by atoms with Crippen LogP contribution in [0.15, 0.2) is 0 Å². The summed E-state index contributed by atoms with van der Waals surface area (Å²) in [7, 11) is 0. The zero-order valence-electron chi connectivity index (χ0n) is 8.97. The molecule has 0 saturated carbocycles. The minimum Gasteiger partial charge on any atom is -0.396 e. The Morgan fingerprint density at radius 2 is 1.88 bits per heavy atom. The number of hydrogen-bond donors (Lipinski definition) is 4. The molecule has 0 aromatic carbocycles. The third-order valence-electron chi connectivity index (χ3n) is 2.01. The maximum Gasteiger partial charge on any atom is 0.240 e. The van der Waals surface area contributed by atoms with Crippen LogP contribution in [-0.4, -0.2) is 35.5 Å². The molecule has 0 fully saturated rings. The van der Waals surface area contributed by atoms with Crippen LogP contribution in [0.1, 0.15) is 13.3 Å².